The van der Waals surface area contributed by atoms with Gasteiger partial charge in [-0.15, -0.1) is 11.8 Å². The fourth-order valence-electron chi connectivity index (χ4n) is 2.60. The number of aryl methyl sites for hydroxylation is 1. The minimum atomic E-state index is -0.375. The van der Waals surface area contributed by atoms with Crippen LogP contribution in [0.5, 0.6) is 0 Å². The smallest absolute Gasteiger partial charge is 0.337 e. The Morgan fingerprint density at radius 1 is 1.18 bits per heavy atom. The standard InChI is InChI=1S/C20H20N2O3S3/c1-25-19(24)14-8-9-16-17(12-14)28-20(22(16)10-11-26-2)21-18(23)13-27-15-6-4-3-5-7-15/h3-9,12H,10-11,13H2,1-2H3. The molecule has 1 heterocycles. The molecule has 146 valence electrons. The van der Waals surface area contributed by atoms with Crippen molar-refractivity contribution < 1.29 is 14.3 Å². The van der Waals surface area contributed by atoms with Gasteiger partial charge in [-0.3, -0.25) is 4.79 Å². The normalized spacial score (nSPS) is 11.7. The summed E-state index contributed by atoms with van der Waals surface area (Å²) >= 11 is 4.62. The van der Waals surface area contributed by atoms with Crippen LogP contribution < -0.4 is 4.80 Å². The highest BCUT2D eigenvalue weighted by Crippen LogP contribution is 2.21. The number of thiazole rings is 1. The number of amides is 1. The lowest BCUT2D eigenvalue weighted by Gasteiger charge is -2.04. The van der Waals surface area contributed by atoms with E-state index in [0.717, 1.165) is 27.4 Å². The summed E-state index contributed by atoms with van der Waals surface area (Å²) in [5.41, 5.74) is 1.46. The predicted octanol–water partition coefficient (Wildman–Crippen LogP) is 4.07. The van der Waals surface area contributed by atoms with E-state index in [0.29, 0.717) is 10.4 Å². The molecule has 8 heteroatoms. The van der Waals surface area contributed by atoms with Crippen LogP contribution in [-0.4, -0.2) is 41.3 Å². The van der Waals surface area contributed by atoms with Crippen LogP contribution in [0.25, 0.3) is 10.2 Å². The van der Waals surface area contributed by atoms with Crippen molar-refractivity contribution in [1.82, 2.24) is 4.57 Å². The van der Waals surface area contributed by atoms with Crippen LogP contribution in [0.3, 0.4) is 0 Å². The second-order valence-electron chi connectivity index (χ2n) is 5.81. The van der Waals surface area contributed by atoms with Gasteiger partial charge in [0.1, 0.15) is 0 Å². The van der Waals surface area contributed by atoms with Gasteiger partial charge in [0.25, 0.3) is 5.91 Å². The number of rotatable bonds is 7. The molecule has 0 fully saturated rings. The van der Waals surface area contributed by atoms with Crippen molar-refractivity contribution in [2.24, 2.45) is 4.99 Å². The monoisotopic (exact) mass is 432 g/mol. The SMILES string of the molecule is COC(=O)c1ccc2c(c1)sc(=NC(=O)CSc1ccccc1)n2CCSC. The Morgan fingerprint density at radius 3 is 2.68 bits per heavy atom. The van der Waals surface area contributed by atoms with Gasteiger partial charge >= 0.3 is 5.97 Å². The molecule has 3 rings (SSSR count). The number of hydrogen-bond acceptors (Lipinski definition) is 6. The number of hydrogen-bond donors (Lipinski definition) is 0. The quantitative estimate of drug-likeness (QED) is 0.416. The van der Waals surface area contributed by atoms with Gasteiger partial charge in [-0.2, -0.15) is 16.8 Å². The van der Waals surface area contributed by atoms with Crippen molar-refractivity contribution in [3.05, 3.63) is 58.9 Å². The first-order valence-electron chi connectivity index (χ1n) is 8.58. The summed E-state index contributed by atoms with van der Waals surface area (Å²) in [4.78, 5) is 30.3. The molecule has 2 aromatic carbocycles. The molecule has 0 aliphatic heterocycles. The molecular formula is C20H20N2O3S3. The lowest BCUT2D eigenvalue weighted by Crippen LogP contribution is -2.18. The number of carbonyl (C=O) groups excluding carboxylic acids is 2. The number of esters is 1. The molecule has 0 radical (unpaired) electrons. The van der Waals surface area contributed by atoms with Gasteiger partial charge in [0.05, 0.1) is 28.6 Å². The zero-order valence-electron chi connectivity index (χ0n) is 15.6. The number of methoxy groups -OCH3 is 1. The summed E-state index contributed by atoms with van der Waals surface area (Å²) in [5.74, 6) is 0.644. The maximum Gasteiger partial charge on any atom is 0.337 e. The fraction of sp³-hybridized carbons (Fsp3) is 0.250. The van der Waals surface area contributed by atoms with Gasteiger partial charge < -0.3 is 9.30 Å². The lowest BCUT2D eigenvalue weighted by molar-refractivity contribution is -0.115. The molecule has 0 N–H and O–H groups in total. The van der Waals surface area contributed by atoms with Crippen LogP contribution in [0.15, 0.2) is 58.4 Å². The van der Waals surface area contributed by atoms with Crippen LogP contribution in [-0.2, 0) is 16.1 Å². The van der Waals surface area contributed by atoms with Crippen molar-refractivity contribution in [2.45, 2.75) is 11.4 Å². The van der Waals surface area contributed by atoms with E-state index in [-0.39, 0.29) is 17.6 Å². The largest absolute Gasteiger partial charge is 0.465 e. The maximum absolute atomic E-state index is 12.4. The molecule has 0 aliphatic carbocycles. The third-order valence-corrected chi connectivity index (χ3v) is 6.58. The lowest BCUT2D eigenvalue weighted by atomic mass is 10.2. The summed E-state index contributed by atoms with van der Waals surface area (Å²) in [6, 6.07) is 15.2. The minimum absolute atomic E-state index is 0.175. The third-order valence-electron chi connectivity index (χ3n) is 3.95. The molecule has 0 unspecified atom stereocenters. The number of ether oxygens (including phenoxy) is 1. The van der Waals surface area contributed by atoms with E-state index in [1.807, 2.05) is 47.2 Å². The van der Waals surface area contributed by atoms with E-state index < -0.39 is 0 Å². The minimum Gasteiger partial charge on any atom is -0.465 e. The Balaban J connectivity index is 1.91. The zero-order chi connectivity index (χ0) is 19.9. The number of thioether (sulfide) groups is 2. The van der Waals surface area contributed by atoms with Crippen LogP contribution >= 0.6 is 34.9 Å². The number of carbonyl (C=O) groups is 2. The average Bonchev–Trinajstić information content (AvgIpc) is 3.06. The number of benzene rings is 2. The number of fused-ring (bicyclic) bond motifs is 1. The first-order chi connectivity index (χ1) is 13.6. The molecule has 1 amide bonds. The topological polar surface area (TPSA) is 60.7 Å². The Hall–Kier alpha value is -2.03. The van der Waals surface area contributed by atoms with Crippen LogP contribution in [0, 0.1) is 0 Å². The van der Waals surface area contributed by atoms with E-state index in [1.165, 1.54) is 30.2 Å². The summed E-state index contributed by atoms with van der Waals surface area (Å²) < 4.78 is 7.75. The number of nitrogens with zero attached hydrogens (tertiary/aromatic N) is 2. The maximum atomic E-state index is 12.4. The molecule has 0 atom stereocenters. The summed E-state index contributed by atoms with van der Waals surface area (Å²) in [6.45, 7) is 0.747. The molecule has 0 saturated heterocycles. The second-order valence-corrected chi connectivity index (χ2v) is 8.85. The van der Waals surface area contributed by atoms with E-state index in [9.17, 15) is 9.59 Å². The van der Waals surface area contributed by atoms with E-state index in [1.54, 1.807) is 23.9 Å². The van der Waals surface area contributed by atoms with Crippen molar-refractivity contribution in [2.75, 3.05) is 24.9 Å². The molecule has 3 aromatic rings. The molecular weight excluding hydrogens is 412 g/mol. The summed E-state index contributed by atoms with van der Waals surface area (Å²) in [7, 11) is 1.36. The van der Waals surface area contributed by atoms with E-state index in [4.69, 9.17) is 4.74 Å². The molecule has 0 bridgehead atoms. The van der Waals surface area contributed by atoms with Gasteiger partial charge in [0.2, 0.25) is 0 Å². The van der Waals surface area contributed by atoms with Crippen LogP contribution in [0.2, 0.25) is 0 Å². The summed E-state index contributed by atoms with van der Waals surface area (Å²) in [6.07, 6.45) is 2.04. The first kappa shape index (κ1) is 20.7. The van der Waals surface area contributed by atoms with E-state index in [2.05, 4.69) is 4.99 Å². The van der Waals surface area contributed by atoms with E-state index >= 15 is 0 Å². The van der Waals surface area contributed by atoms with Gasteiger partial charge in [0, 0.05) is 17.2 Å². The highest BCUT2D eigenvalue weighted by molar-refractivity contribution is 8.00. The number of aromatic nitrogens is 1. The summed E-state index contributed by atoms with van der Waals surface area (Å²) in [5, 5.41) is 0. The second kappa shape index (κ2) is 9.95. The predicted molar refractivity (Wildman–Crippen MR) is 117 cm³/mol. The molecule has 0 saturated carbocycles. The van der Waals surface area contributed by atoms with Crippen molar-refractivity contribution in [1.29, 1.82) is 0 Å². The van der Waals surface area contributed by atoms with Gasteiger partial charge in [-0.25, -0.2) is 4.79 Å². The first-order valence-corrected chi connectivity index (χ1v) is 11.8. The van der Waals surface area contributed by atoms with Gasteiger partial charge in [-0.05, 0) is 36.6 Å². The Labute approximate surface area is 175 Å². The van der Waals surface area contributed by atoms with Crippen molar-refractivity contribution in [3.8, 4) is 0 Å². The zero-order valence-corrected chi connectivity index (χ0v) is 18.0. The average molecular weight is 433 g/mol. The van der Waals surface area contributed by atoms with Crippen molar-refractivity contribution in [3.63, 3.8) is 0 Å². The molecule has 28 heavy (non-hydrogen) atoms. The Bertz CT molecular complexity index is 1040. The van der Waals surface area contributed by atoms with Gasteiger partial charge in [0.15, 0.2) is 4.80 Å². The van der Waals surface area contributed by atoms with Crippen LogP contribution in [0.1, 0.15) is 10.4 Å². The molecule has 5 nitrogen and oxygen atoms in total. The van der Waals surface area contributed by atoms with Gasteiger partial charge in [-0.1, -0.05) is 29.5 Å². The Morgan fingerprint density at radius 2 is 1.96 bits per heavy atom. The highest BCUT2D eigenvalue weighted by atomic mass is 32.2. The van der Waals surface area contributed by atoms with Crippen molar-refractivity contribution >= 4 is 57.0 Å². The third kappa shape index (κ3) is 5.06. The Kier molecular flexibility index (Phi) is 7.36. The highest BCUT2D eigenvalue weighted by Gasteiger charge is 2.12. The molecule has 0 aliphatic rings. The molecule has 0 spiro atoms. The molecule has 1 aromatic heterocycles. The van der Waals surface area contributed by atoms with Crippen LogP contribution in [0.4, 0.5) is 0 Å². The fourth-order valence-corrected chi connectivity index (χ4v) is 4.78.